The van der Waals surface area contributed by atoms with E-state index in [1.54, 1.807) is 0 Å². The Hall–Kier alpha value is -1.26. The van der Waals surface area contributed by atoms with E-state index in [1.807, 2.05) is 6.92 Å². The van der Waals surface area contributed by atoms with Crippen LogP contribution in [-0.4, -0.2) is 40.6 Å². The van der Waals surface area contributed by atoms with Gasteiger partial charge in [0, 0.05) is 13.1 Å². The molecule has 0 aromatic heterocycles. The van der Waals surface area contributed by atoms with Gasteiger partial charge in [0.15, 0.2) is 0 Å². The highest BCUT2D eigenvalue weighted by Gasteiger charge is 2.48. The maximum Gasteiger partial charge on any atom is 0.329 e. The number of aliphatic carboxylic acids is 1. The van der Waals surface area contributed by atoms with E-state index in [2.05, 4.69) is 12.2 Å². The van der Waals surface area contributed by atoms with E-state index in [0.29, 0.717) is 25.9 Å². The lowest BCUT2D eigenvalue weighted by Crippen LogP contribution is -2.55. The second-order valence-corrected chi connectivity index (χ2v) is 5.24. The van der Waals surface area contributed by atoms with Gasteiger partial charge in [-0.05, 0) is 25.7 Å². The molecule has 5 heteroatoms. The van der Waals surface area contributed by atoms with Crippen molar-refractivity contribution in [3.05, 3.63) is 0 Å². The highest BCUT2D eigenvalue weighted by Crippen LogP contribution is 2.32. The van der Waals surface area contributed by atoms with Gasteiger partial charge in [0.1, 0.15) is 5.54 Å². The summed E-state index contributed by atoms with van der Waals surface area (Å²) in [6.07, 6.45) is 6.19. The van der Waals surface area contributed by atoms with Crippen LogP contribution in [0.25, 0.3) is 0 Å². The Morgan fingerprint density at radius 1 is 1.26 bits per heavy atom. The Morgan fingerprint density at radius 2 is 2.00 bits per heavy atom. The van der Waals surface area contributed by atoms with E-state index >= 15 is 0 Å². The summed E-state index contributed by atoms with van der Waals surface area (Å²) in [6, 6.07) is -0.224. The van der Waals surface area contributed by atoms with Crippen LogP contribution in [0.5, 0.6) is 0 Å². The molecule has 110 valence electrons. The molecule has 5 nitrogen and oxygen atoms in total. The zero-order chi connectivity index (χ0) is 14.3. The molecule has 0 saturated carbocycles. The lowest BCUT2D eigenvalue weighted by atomic mass is 9.93. The molecule has 2 N–H and O–H groups in total. The number of urea groups is 1. The van der Waals surface area contributed by atoms with Gasteiger partial charge in [-0.15, -0.1) is 0 Å². The molecule has 1 atom stereocenters. The minimum Gasteiger partial charge on any atom is -0.479 e. The van der Waals surface area contributed by atoms with Crippen molar-refractivity contribution >= 4 is 12.0 Å². The van der Waals surface area contributed by atoms with Crippen molar-refractivity contribution in [1.29, 1.82) is 0 Å². The number of carboxylic acids is 1. The molecule has 1 aliphatic heterocycles. The van der Waals surface area contributed by atoms with Crippen molar-refractivity contribution in [3.63, 3.8) is 0 Å². The molecular formula is C14H26N2O3. The quantitative estimate of drug-likeness (QED) is 0.699. The third kappa shape index (κ3) is 3.61. The van der Waals surface area contributed by atoms with Gasteiger partial charge in [-0.3, -0.25) is 0 Å². The molecule has 0 aliphatic carbocycles. The van der Waals surface area contributed by atoms with E-state index < -0.39 is 11.5 Å². The Balaban J connectivity index is 2.48. The first kappa shape index (κ1) is 15.8. The lowest BCUT2D eigenvalue weighted by Gasteiger charge is -2.33. The first-order chi connectivity index (χ1) is 9.08. The largest absolute Gasteiger partial charge is 0.479 e. The first-order valence-electron chi connectivity index (χ1n) is 7.37. The topological polar surface area (TPSA) is 69.6 Å². The highest BCUT2D eigenvalue weighted by atomic mass is 16.4. The number of nitrogens with zero attached hydrogens (tertiary/aromatic N) is 1. The predicted octanol–water partition coefficient (Wildman–Crippen LogP) is 2.61. The molecular weight excluding hydrogens is 244 g/mol. The number of carbonyl (C=O) groups excluding carboxylic acids is 1. The SMILES string of the molecule is CCCCCCNC(=O)N1CCCC1(CC)C(=O)O. The number of hydrogen-bond donors (Lipinski definition) is 2. The van der Waals surface area contributed by atoms with Crippen LogP contribution in [-0.2, 0) is 4.79 Å². The predicted molar refractivity (Wildman–Crippen MR) is 74.1 cm³/mol. The first-order valence-corrected chi connectivity index (χ1v) is 7.37. The van der Waals surface area contributed by atoms with Gasteiger partial charge in [0.05, 0.1) is 0 Å². The Morgan fingerprint density at radius 3 is 2.58 bits per heavy atom. The second-order valence-electron chi connectivity index (χ2n) is 5.24. The van der Waals surface area contributed by atoms with Crippen molar-refractivity contribution in [2.24, 2.45) is 0 Å². The van der Waals surface area contributed by atoms with Crippen molar-refractivity contribution in [1.82, 2.24) is 10.2 Å². The zero-order valence-electron chi connectivity index (χ0n) is 12.1. The van der Waals surface area contributed by atoms with E-state index in [4.69, 9.17) is 0 Å². The molecule has 0 aromatic carbocycles. The number of rotatable bonds is 7. The van der Waals surface area contributed by atoms with Crippen LogP contribution in [0.1, 0.15) is 58.8 Å². The Bertz CT molecular complexity index is 320. The van der Waals surface area contributed by atoms with Crippen molar-refractivity contribution in [2.75, 3.05) is 13.1 Å². The summed E-state index contributed by atoms with van der Waals surface area (Å²) in [5.74, 6) is -0.881. The van der Waals surface area contributed by atoms with Gasteiger partial charge in [-0.25, -0.2) is 9.59 Å². The van der Waals surface area contributed by atoms with E-state index in [9.17, 15) is 14.7 Å². The number of hydrogen-bond acceptors (Lipinski definition) is 2. The summed E-state index contributed by atoms with van der Waals surface area (Å²) < 4.78 is 0. The van der Waals surface area contributed by atoms with Crippen LogP contribution in [0.15, 0.2) is 0 Å². The van der Waals surface area contributed by atoms with Gasteiger partial charge >= 0.3 is 12.0 Å². The molecule has 1 saturated heterocycles. The van der Waals surface area contributed by atoms with Gasteiger partial charge in [0.25, 0.3) is 0 Å². The number of nitrogens with one attached hydrogen (secondary N) is 1. The monoisotopic (exact) mass is 270 g/mol. The average Bonchev–Trinajstić information content (AvgIpc) is 2.83. The van der Waals surface area contributed by atoms with Crippen molar-refractivity contribution < 1.29 is 14.7 Å². The summed E-state index contributed by atoms with van der Waals surface area (Å²) in [5, 5.41) is 12.3. The van der Waals surface area contributed by atoms with Gasteiger partial charge in [-0.2, -0.15) is 0 Å². The minimum absolute atomic E-state index is 0.224. The number of amides is 2. The normalized spacial score (nSPS) is 22.5. The van der Waals surface area contributed by atoms with Crippen molar-refractivity contribution in [3.8, 4) is 0 Å². The number of likely N-dealkylation sites (tertiary alicyclic amines) is 1. The summed E-state index contributed by atoms with van der Waals surface area (Å²) >= 11 is 0. The zero-order valence-corrected chi connectivity index (χ0v) is 12.1. The Labute approximate surface area is 115 Å². The van der Waals surface area contributed by atoms with Gasteiger partial charge in [-0.1, -0.05) is 33.1 Å². The van der Waals surface area contributed by atoms with Crippen LogP contribution in [0.3, 0.4) is 0 Å². The fourth-order valence-corrected chi connectivity index (χ4v) is 2.76. The molecule has 0 radical (unpaired) electrons. The maximum absolute atomic E-state index is 12.1. The van der Waals surface area contributed by atoms with E-state index in [1.165, 1.54) is 11.3 Å². The summed E-state index contributed by atoms with van der Waals surface area (Å²) in [5.41, 5.74) is -0.993. The third-order valence-corrected chi connectivity index (χ3v) is 4.02. The van der Waals surface area contributed by atoms with Crippen LogP contribution < -0.4 is 5.32 Å². The molecule has 1 rings (SSSR count). The summed E-state index contributed by atoms with van der Waals surface area (Å²) in [7, 11) is 0. The molecule has 19 heavy (non-hydrogen) atoms. The molecule has 1 unspecified atom stereocenters. The fourth-order valence-electron chi connectivity index (χ4n) is 2.76. The van der Waals surface area contributed by atoms with E-state index in [-0.39, 0.29) is 6.03 Å². The second kappa shape index (κ2) is 7.36. The molecule has 2 amide bonds. The lowest BCUT2D eigenvalue weighted by molar-refractivity contribution is -0.148. The van der Waals surface area contributed by atoms with Crippen LogP contribution in [0.4, 0.5) is 4.79 Å². The molecule has 0 spiro atoms. The van der Waals surface area contributed by atoms with Gasteiger partial charge < -0.3 is 15.3 Å². The van der Waals surface area contributed by atoms with Crippen LogP contribution in [0, 0.1) is 0 Å². The molecule has 1 aliphatic rings. The highest BCUT2D eigenvalue weighted by molar-refractivity contribution is 5.87. The minimum atomic E-state index is -0.993. The molecule has 1 fully saturated rings. The fraction of sp³-hybridized carbons (Fsp3) is 0.857. The van der Waals surface area contributed by atoms with Crippen LogP contribution >= 0.6 is 0 Å². The smallest absolute Gasteiger partial charge is 0.329 e. The standard InChI is InChI=1S/C14H26N2O3/c1-3-5-6-7-10-15-13(19)16-11-8-9-14(16,4-2)12(17)18/h3-11H2,1-2H3,(H,15,19)(H,17,18). The summed E-state index contributed by atoms with van der Waals surface area (Å²) in [6.45, 7) is 5.15. The van der Waals surface area contributed by atoms with Crippen molar-refractivity contribution in [2.45, 2.75) is 64.3 Å². The van der Waals surface area contributed by atoms with Gasteiger partial charge in [0.2, 0.25) is 0 Å². The summed E-state index contributed by atoms with van der Waals surface area (Å²) in [4.78, 5) is 25.1. The van der Waals surface area contributed by atoms with E-state index in [0.717, 1.165) is 25.7 Å². The maximum atomic E-state index is 12.1. The van der Waals surface area contributed by atoms with Crippen LogP contribution in [0.2, 0.25) is 0 Å². The number of unbranched alkanes of at least 4 members (excludes halogenated alkanes) is 3. The Kier molecular flexibility index (Phi) is 6.12. The molecule has 0 aromatic rings. The third-order valence-electron chi connectivity index (χ3n) is 4.02. The number of carboxylic acid groups (broad SMARTS) is 1. The average molecular weight is 270 g/mol. The molecule has 1 heterocycles. The molecule has 0 bridgehead atoms. The number of carbonyl (C=O) groups is 2.